The lowest BCUT2D eigenvalue weighted by Gasteiger charge is -2.36. The molecular formula is C16H16Cl2N4O2. The summed E-state index contributed by atoms with van der Waals surface area (Å²) in [6, 6.07) is 10.4. The van der Waals surface area contributed by atoms with E-state index in [1.165, 1.54) is 6.07 Å². The van der Waals surface area contributed by atoms with Gasteiger partial charge in [-0.3, -0.25) is 15.0 Å². The third-order valence-corrected chi connectivity index (χ3v) is 4.39. The highest BCUT2D eigenvalue weighted by molar-refractivity contribution is 6.32. The summed E-state index contributed by atoms with van der Waals surface area (Å²) in [6.45, 7) is 4.10. The smallest absolute Gasteiger partial charge is 0.271 e. The molecule has 3 rings (SSSR count). The van der Waals surface area contributed by atoms with Crippen LogP contribution in [0.5, 0.6) is 0 Å². The number of halogens is 2. The molecule has 1 aliphatic rings. The molecule has 0 unspecified atom stereocenters. The fraction of sp³-hybridized carbons (Fsp3) is 0.312. The number of rotatable bonds is 4. The van der Waals surface area contributed by atoms with Crippen LogP contribution in [0.4, 0.5) is 11.4 Å². The van der Waals surface area contributed by atoms with Crippen LogP contribution in [0, 0.1) is 10.1 Å². The number of hydrogen-bond donors (Lipinski definition) is 0. The van der Waals surface area contributed by atoms with Gasteiger partial charge < -0.3 is 4.90 Å². The van der Waals surface area contributed by atoms with Gasteiger partial charge in [-0.25, -0.2) is 4.98 Å². The van der Waals surface area contributed by atoms with Gasteiger partial charge in [-0.2, -0.15) is 0 Å². The number of aromatic nitrogens is 1. The van der Waals surface area contributed by atoms with E-state index in [0.29, 0.717) is 10.3 Å². The molecule has 126 valence electrons. The summed E-state index contributed by atoms with van der Waals surface area (Å²) < 4.78 is 0. The summed E-state index contributed by atoms with van der Waals surface area (Å²) in [5, 5.41) is 11.7. The molecule has 0 saturated carbocycles. The molecule has 1 fully saturated rings. The number of non-ortho nitro benzene ring substituents is 1. The van der Waals surface area contributed by atoms with Crippen LogP contribution < -0.4 is 4.90 Å². The van der Waals surface area contributed by atoms with Gasteiger partial charge >= 0.3 is 0 Å². The molecule has 0 atom stereocenters. The van der Waals surface area contributed by atoms with Gasteiger partial charge in [-0.1, -0.05) is 29.3 Å². The van der Waals surface area contributed by atoms with Gasteiger partial charge in [0.15, 0.2) is 0 Å². The third kappa shape index (κ3) is 4.14. The van der Waals surface area contributed by atoms with Crippen molar-refractivity contribution < 1.29 is 4.92 Å². The van der Waals surface area contributed by atoms with E-state index in [1.807, 2.05) is 18.2 Å². The minimum Gasteiger partial charge on any atom is -0.369 e. The summed E-state index contributed by atoms with van der Waals surface area (Å²) >= 11 is 11.9. The molecule has 0 radical (unpaired) electrons. The minimum absolute atomic E-state index is 0.121. The Labute approximate surface area is 149 Å². The number of pyridine rings is 1. The molecule has 0 aliphatic carbocycles. The van der Waals surface area contributed by atoms with E-state index in [1.54, 1.807) is 12.1 Å². The average Bonchev–Trinajstić information content (AvgIpc) is 2.54. The van der Waals surface area contributed by atoms with E-state index in [4.69, 9.17) is 23.2 Å². The number of nitrogens with zero attached hydrogens (tertiary/aromatic N) is 4. The fourth-order valence-electron chi connectivity index (χ4n) is 2.83. The first-order chi connectivity index (χ1) is 11.5. The van der Waals surface area contributed by atoms with E-state index in [2.05, 4.69) is 14.8 Å². The van der Waals surface area contributed by atoms with Crippen LogP contribution in [0.25, 0.3) is 0 Å². The molecule has 0 amide bonds. The molecule has 1 saturated heterocycles. The van der Waals surface area contributed by atoms with Crippen LogP contribution in [0.15, 0.2) is 36.4 Å². The largest absolute Gasteiger partial charge is 0.369 e. The Bertz CT molecular complexity index is 728. The minimum atomic E-state index is -0.364. The maximum atomic E-state index is 10.9. The van der Waals surface area contributed by atoms with Crippen molar-refractivity contribution in [3.63, 3.8) is 0 Å². The lowest BCUT2D eigenvalue weighted by Crippen LogP contribution is -2.46. The van der Waals surface area contributed by atoms with Gasteiger partial charge in [0.05, 0.1) is 4.92 Å². The van der Waals surface area contributed by atoms with Crippen molar-refractivity contribution in [2.75, 3.05) is 31.1 Å². The Morgan fingerprint density at radius 2 is 1.75 bits per heavy atom. The van der Waals surface area contributed by atoms with E-state index < -0.39 is 0 Å². The van der Waals surface area contributed by atoms with Gasteiger partial charge in [0.25, 0.3) is 5.69 Å². The van der Waals surface area contributed by atoms with Crippen molar-refractivity contribution in [2.24, 2.45) is 0 Å². The van der Waals surface area contributed by atoms with Gasteiger partial charge in [-0.15, -0.1) is 0 Å². The zero-order chi connectivity index (χ0) is 17.1. The fourth-order valence-corrected chi connectivity index (χ4v) is 3.34. The predicted molar refractivity (Wildman–Crippen MR) is 94.8 cm³/mol. The highest BCUT2D eigenvalue weighted by Gasteiger charge is 2.19. The van der Waals surface area contributed by atoms with E-state index in [0.717, 1.165) is 44.0 Å². The number of anilines is 1. The molecule has 0 spiro atoms. The second-order valence-electron chi connectivity index (χ2n) is 5.66. The van der Waals surface area contributed by atoms with Crippen LogP contribution in [0.1, 0.15) is 5.56 Å². The SMILES string of the molecule is O=[N+]([O-])c1cccc(N2CCN(Cc3cc(Cl)nc(Cl)c3)CC2)c1. The molecule has 1 aliphatic heterocycles. The van der Waals surface area contributed by atoms with Crippen molar-refractivity contribution in [3.05, 3.63) is 62.4 Å². The van der Waals surface area contributed by atoms with E-state index in [-0.39, 0.29) is 10.6 Å². The summed E-state index contributed by atoms with van der Waals surface area (Å²) in [5.74, 6) is 0. The van der Waals surface area contributed by atoms with Crippen LogP contribution >= 0.6 is 23.2 Å². The summed E-state index contributed by atoms with van der Waals surface area (Å²) in [5.41, 5.74) is 2.04. The van der Waals surface area contributed by atoms with Crippen LogP contribution in [-0.4, -0.2) is 41.0 Å². The van der Waals surface area contributed by atoms with Crippen LogP contribution in [0.3, 0.4) is 0 Å². The topological polar surface area (TPSA) is 62.5 Å². The Morgan fingerprint density at radius 3 is 2.38 bits per heavy atom. The second kappa shape index (κ2) is 7.34. The summed E-state index contributed by atoms with van der Waals surface area (Å²) in [6.07, 6.45) is 0. The van der Waals surface area contributed by atoms with E-state index >= 15 is 0 Å². The van der Waals surface area contributed by atoms with Gasteiger partial charge in [0.1, 0.15) is 10.3 Å². The van der Waals surface area contributed by atoms with Gasteiger partial charge in [-0.05, 0) is 23.8 Å². The first-order valence-electron chi connectivity index (χ1n) is 7.55. The van der Waals surface area contributed by atoms with Crippen molar-refractivity contribution in [2.45, 2.75) is 6.54 Å². The van der Waals surface area contributed by atoms with Crippen molar-refractivity contribution in [1.29, 1.82) is 0 Å². The summed E-state index contributed by atoms with van der Waals surface area (Å²) in [7, 11) is 0. The zero-order valence-electron chi connectivity index (χ0n) is 12.9. The lowest BCUT2D eigenvalue weighted by molar-refractivity contribution is -0.384. The highest BCUT2D eigenvalue weighted by Crippen LogP contribution is 2.23. The molecule has 6 nitrogen and oxygen atoms in total. The standard InChI is InChI=1S/C16H16Cl2N4O2/c17-15-8-12(9-16(18)19-15)11-20-4-6-21(7-5-20)13-2-1-3-14(10-13)22(23)24/h1-3,8-10H,4-7,11H2. The lowest BCUT2D eigenvalue weighted by atomic mass is 10.2. The molecule has 1 aromatic heterocycles. The molecule has 1 aromatic carbocycles. The molecule has 0 bridgehead atoms. The third-order valence-electron chi connectivity index (χ3n) is 4.01. The first-order valence-corrected chi connectivity index (χ1v) is 8.30. The first kappa shape index (κ1) is 17.0. The maximum Gasteiger partial charge on any atom is 0.271 e. The second-order valence-corrected chi connectivity index (χ2v) is 6.44. The number of nitro benzene ring substituents is 1. The predicted octanol–water partition coefficient (Wildman–Crippen LogP) is 3.62. The Kier molecular flexibility index (Phi) is 5.18. The monoisotopic (exact) mass is 366 g/mol. The Hall–Kier alpha value is -1.89. The average molecular weight is 367 g/mol. The molecule has 8 heteroatoms. The highest BCUT2D eigenvalue weighted by atomic mass is 35.5. The van der Waals surface area contributed by atoms with Crippen molar-refractivity contribution in [1.82, 2.24) is 9.88 Å². The molecular weight excluding hydrogens is 351 g/mol. The van der Waals surface area contributed by atoms with Crippen LogP contribution in [-0.2, 0) is 6.54 Å². The van der Waals surface area contributed by atoms with Crippen molar-refractivity contribution in [3.8, 4) is 0 Å². The van der Waals surface area contributed by atoms with Crippen LogP contribution in [0.2, 0.25) is 10.3 Å². The maximum absolute atomic E-state index is 10.9. The molecule has 2 heterocycles. The molecule has 0 N–H and O–H groups in total. The number of piperazine rings is 1. The molecule has 24 heavy (non-hydrogen) atoms. The Morgan fingerprint density at radius 1 is 1.08 bits per heavy atom. The number of hydrogen-bond acceptors (Lipinski definition) is 5. The Balaban J connectivity index is 1.61. The zero-order valence-corrected chi connectivity index (χ0v) is 14.4. The van der Waals surface area contributed by atoms with Crippen molar-refractivity contribution >= 4 is 34.6 Å². The van der Waals surface area contributed by atoms with Gasteiger partial charge in [0, 0.05) is 50.5 Å². The number of nitro groups is 1. The number of benzene rings is 1. The normalized spacial score (nSPS) is 15.5. The summed E-state index contributed by atoms with van der Waals surface area (Å²) in [4.78, 5) is 18.9. The van der Waals surface area contributed by atoms with E-state index in [9.17, 15) is 10.1 Å². The molecule has 2 aromatic rings. The quantitative estimate of drug-likeness (QED) is 0.469. The van der Waals surface area contributed by atoms with Gasteiger partial charge in [0.2, 0.25) is 0 Å².